The van der Waals surface area contributed by atoms with Gasteiger partial charge in [-0.3, -0.25) is 9.59 Å². The second kappa shape index (κ2) is 10.1. The number of thioether (sulfide) groups is 1. The van der Waals surface area contributed by atoms with Crippen LogP contribution in [0.2, 0.25) is 0 Å². The molecule has 0 fully saturated rings. The Hall–Kier alpha value is -3.30. The average molecular weight is 482 g/mol. The van der Waals surface area contributed by atoms with Gasteiger partial charge in [-0.15, -0.1) is 11.3 Å². The van der Waals surface area contributed by atoms with E-state index < -0.39 is 0 Å². The molecule has 0 radical (unpaired) electrons. The van der Waals surface area contributed by atoms with E-state index >= 15 is 0 Å². The van der Waals surface area contributed by atoms with Crippen molar-refractivity contribution in [2.24, 2.45) is 5.10 Å². The summed E-state index contributed by atoms with van der Waals surface area (Å²) < 4.78 is 5.13. The number of rotatable bonds is 7. The van der Waals surface area contributed by atoms with Crippen LogP contribution in [-0.2, 0) is 6.54 Å². The standard InChI is InChI=1S/C24H23N3O4S2/c1-3-20-22(16-8-11-19(31-2)18(28)13-16)26-27(24(30)33-20)14-15-6-9-17(10-7-15)25-23(29)21-5-4-12-32-21/h4-13,20,28H,3,14H2,1-2H3,(H,25,29). The molecule has 0 spiro atoms. The SMILES string of the molecule is CCC1SC(=O)N(Cc2ccc(NC(=O)c3cccs3)cc2)N=C1c1ccc(OC)c(O)c1. The molecule has 1 atom stereocenters. The first-order valence-corrected chi connectivity index (χ1v) is 12.1. The van der Waals surface area contributed by atoms with E-state index in [1.54, 1.807) is 18.2 Å². The third kappa shape index (κ3) is 5.20. The number of hydrogen-bond acceptors (Lipinski definition) is 7. The fourth-order valence-corrected chi connectivity index (χ4v) is 4.96. The van der Waals surface area contributed by atoms with Crippen LogP contribution >= 0.6 is 23.1 Å². The van der Waals surface area contributed by atoms with Crippen LogP contribution in [0.25, 0.3) is 0 Å². The number of phenolic OH excluding ortho intramolecular Hbond substituents is 1. The molecule has 1 aliphatic rings. The summed E-state index contributed by atoms with van der Waals surface area (Å²) in [6, 6.07) is 16.1. The van der Waals surface area contributed by atoms with Crippen LogP contribution in [0.15, 0.2) is 65.1 Å². The molecule has 7 nitrogen and oxygen atoms in total. The highest BCUT2D eigenvalue weighted by molar-refractivity contribution is 8.14. The third-order valence-corrected chi connectivity index (χ3v) is 7.24. The zero-order valence-corrected chi connectivity index (χ0v) is 19.8. The predicted octanol–water partition coefficient (Wildman–Crippen LogP) is 5.57. The van der Waals surface area contributed by atoms with E-state index in [1.165, 1.54) is 35.2 Å². The summed E-state index contributed by atoms with van der Waals surface area (Å²) in [5.41, 5.74) is 3.05. The van der Waals surface area contributed by atoms with Gasteiger partial charge in [0, 0.05) is 11.3 Å². The van der Waals surface area contributed by atoms with Gasteiger partial charge in [0.15, 0.2) is 11.5 Å². The number of benzene rings is 2. The molecular weight excluding hydrogens is 458 g/mol. The van der Waals surface area contributed by atoms with Crippen LogP contribution in [0.5, 0.6) is 11.5 Å². The minimum absolute atomic E-state index is 0.0289. The largest absolute Gasteiger partial charge is 0.504 e. The Kier molecular flexibility index (Phi) is 7.00. The number of amides is 2. The number of hydrogen-bond donors (Lipinski definition) is 2. The quantitative estimate of drug-likeness (QED) is 0.461. The Morgan fingerprint density at radius 1 is 1.21 bits per heavy atom. The molecule has 33 heavy (non-hydrogen) atoms. The Balaban J connectivity index is 1.51. The molecule has 1 aliphatic heterocycles. The molecule has 3 aromatic rings. The lowest BCUT2D eigenvalue weighted by atomic mass is 10.0. The highest BCUT2D eigenvalue weighted by Crippen LogP contribution is 2.33. The van der Waals surface area contributed by atoms with Crippen molar-refractivity contribution in [2.45, 2.75) is 25.1 Å². The van der Waals surface area contributed by atoms with Gasteiger partial charge in [-0.25, -0.2) is 5.01 Å². The fourth-order valence-electron chi connectivity index (χ4n) is 3.41. The van der Waals surface area contributed by atoms with Gasteiger partial charge >= 0.3 is 5.24 Å². The highest BCUT2D eigenvalue weighted by Gasteiger charge is 2.30. The average Bonchev–Trinajstić information content (AvgIpc) is 3.36. The first-order valence-electron chi connectivity index (χ1n) is 10.4. The first kappa shape index (κ1) is 22.9. The van der Waals surface area contributed by atoms with Crippen LogP contribution in [-0.4, -0.2) is 39.3 Å². The number of ether oxygens (including phenoxy) is 1. The van der Waals surface area contributed by atoms with Crippen LogP contribution in [0.1, 0.15) is 34.1 Å². The Morgan fingerprint density at radius 2 is 2.00 bits per heavy atom. The molecule has 1 aromatic heterocycles. The Labute approximate surface area is 200 Å². The molecular formula is C24H23N3O4S2. The first-order chi connectivity index (χ1) is 16.0. The molecule has 2 N–H and O–H groups in total. The zero-order valence-electron chi connectivity index (χ0n) is 18.1. The summed E-state index contributed by atoms with van der Waals surface area (Å²) in [7, 11) is 1.50. The smallest absolute Gasteiger partial charge is 0.302 e. The number of nitrogens with one attached hydrogen (secondary N) is 1. The van der Waals surface area contributed by atoms with Crippen molar-refractivity contribution in [2.75, 3.05) is 12.4 Å². The zero-order chi connectivity index (χ0) is 23.4. The maximum atomic E-state index is 12.7. The van der Waals surface area contributed by atoms with Crippen LogP contribution in [0.4, 0.5) is 10.5 Å². The lowest BCUT2D eigenvalue weighted by Crippen LogP contribution is -2.34. The molecule has 2 aromatic carbocycles. The van der Waals surface area contributed by atoms with Gasteiger partial charge in [0.2, 0.25) is 0 Å². The summed E-state index contributed by atoms with van der Waals surface area (Å²) in [4.78, 5) is 25.6. The Bertz CT molecular complexity index is 1180. The topological polar surface area (TPSA) is 91.2 Å². The van der Waals surface area contributed by atoms with Crippen molar-refractivity contribution in [1.29, 1.82) is 0 Å². The molecule has 2 heterocycles. The minimum atomic E-state index is -0.150. The maximum absolute atomic E-state index is 12.7. The molecule has 2 amide bonds. The summed E-state index contributed by atoms with van der Waals surface area (Å²) in [6.45, 7) is 2.30. The molecule has 9 heteroatoms. The summed E-state index contributed by atoms with van der Waals surface area (Å²) in [5.74, 6) is 0.263. The summed E-state index contributed by atoms with van der Waals surface area (Å²) in [5, 5.41) is 20.8. The molecule has 4 rings (SSSR count). The number of hydrazone groups is 1. The van der Waals surface area contributed by atoms with Gasteiger partial charge in [0.1, 0.15) is 0 Å². The van der Waals surface area contributed by atoms with E-state index in [4.69, 9.17) is 4.74 Å². The molecule has 170 valence electrons. The number of nitrogens with zero attached hydrogens (tertiary/aromatic N) is 2. The van der Waals surface area contributed by atoms with E-state index in [0.29, 0.717) is 22.9 Å². The van der Waals surface area contributed by atoms with E-state index in [0.717, 1.165) is 23.3 Å². The van der Waals surface area contributed by atoms with Gasteiger partial charge in [0.25, 0.3) is 5.91 Å². The van der Waals surface area contributed by atoms with E-state index in [-0.39, 0.29) is 22.1 Å². The lowest BCUT2D eigenvalue weighted by molar-refractivity contribution is 0.103. The van der Waals surface area contributed by atoms with E-state index in [1.807, 2.05) is 48.7 Å². The monoisotopic (exact) mass is 481 g/mol. The fraction of sp³-hybridized carbons (Fsp3) is 0.208. The molecule has 0 aliphatic carbocycles. The van der Waals surface area contributed by atoms with Crippen LogP contribution in [0.3, 0.4) is 0 Å². The van der Waals surface area contributed by atoms with Gasteiger partial charge in [-0.2, -0.15) is 5.10 Å². The number of aromatic hydroxyl groups is 1. The van der Waals surface area contributed by atoms with Gasteiger partial charge in [-0.1, -0.05) is 36.9 Å². The second-order valence-electron chi connectivity index (χ2n) is 7.34. The van der Waals surface area contributed by atoms with Gasteiger partial charge < -0.3 is 15.2 Å². The minimum Gasteiger partial charge on any atom is -0.504 e. The molecule has 1 unspecified atom stereocenters. The maximum Gasteiger partial charge on any atom is 0.302 e. The van der Waals surface area contributed by atoms with Crippen molar-refractivity contribution in [1.82, 2.24) is 5.01 Å². The normalized spacial score (nSPS) is 15.8. The number of anilines is 1. The highest BCUT2D eigenvalue weighted by atomic mass is 32.2. The number of carbonyl (C=O) groups excluding carboxylic acids is 2. The van der Waals surface area contributed by atoms with Crippen LogP contribution in [0, 0.1) is 0 Å². The second-order valence-corrected chi connectivity index (χ2v) is 9.44. The summed E-state index contributed by atoms with van der Waals surface area (Å²) >= 11 is 2.61. The van der Waals surface area contributed by atoms with Crippen LogP contribution < -0.4 is 10.1 Å². The van der Waals surface area contributed by atoms with E-state index in [9.17, 15) is 14.7 Å². The Morgan fingerprint density at radius 3 is 2.64 bits per heavy atom. The van der Waals surface area contributed by atoms with Gasteiger partial charge in [-0.05, 0) is 53.8 Å². The van der Waals surface area contributed by atoms with Crippen molar-refractivity contribution in [3.8, 4) is 11.5 Å². The van der Waals surface area contributed by atoms with E-state index in [2.05, 4.69) is 10.4 Å². The number of methoxy groups -OCH3 is 1. The number of carbonyl (C=O) groups is 2. The third-order valence-electron chi connectivity index (χ3n) is 5.12. The van der Waals surface area contributed by atoms with Crippen molar-refractivity contribution >= 4 is 45.6 Å². The number of thiophene rings is 1. The van der Waals surface area contributed by atoms with Crippen molar-refractivity contribution in [3.63, 3.8) is 0 Å². The molecule has 0 saturated carbocycles. The summed E-state index contributed by atoms with van der Waals surface area (Å²) in [6.07, 6.45) is 0.731. The predicted molar refractivity (Wildman–Crippen MR) is 133 cm³/mol. The molecule has 0 bridgehead atoms. The van der Waals surface area contributed by atoms with Crippen molar-refractivity contribution in [3.05, 3.63) is 76.0 Å². The number of phenols is 1. The van der Waals surface area contributed by atoms with Crippen molar-refractivity contribution < 1.29 is 19.4 Å². The van der Waals surface area contributed by atoms with Gasteiger partial charge in [0.05, 0.1) is 29.5 Å². The molecule has 0 saturated heterocycles. The lowest BCUT2D eigenvalue weighted by Gasteiger charge is -2.28.